The molecule has 2 heterocycles. The van der Waals surface area contributed by atoms with Gasteiger partial charge in [-0.3, -0.25) is 0 Å². The lowest BCUT2D eigenvalue weighted by Crippen LogP contribution is -2.44. The monoisotopic (exact) mass is 250 g/mol. The summed E-state index contributed by atoms with van der Waals surface area (Å²) in [5, 5.41) is 18.8. The Hall–Kier alpha value is -1.73. The third kappa shape index (κ3) is 1.48. The maximum Gasteiger partial charge on any atom is 0.245 e. The molecule has 96 valence electrons. The van der Waals surface area contributed by atoms with E-state index in [1.807, 2.05) is 4.57 Å². The predicted molar refractivity (Wildman–Crippen MR) is 62.1 cm³/mol. The molecule has 1 aliphatic carbocycles. The van der Waals surface area contributed by atoms with Crippen molar-refractivity contribution < 1.29 is 14.9 Å². The Labute approximate surface area is 103 Å². The quantitative estimate of drug-likeness (QED) is 0.780. The molecule has 2 aromatic heterocycles. The van der Waals surface area contributed by atoms with E-state index in [2.05, 4.69) is 15.0 Å². The number of hydrogen-bond acceptors (Lipinski definition) is 6. The van der Waals surface area contributed by atoms with Gasteiger partial charge in [-0.25, -0.2) is 9.97 Å². The van der Waals surface area contributed by atoms with Crippen molar-refractivity contribution in [2.24, 2.45) is 5.92 Å². The Morgan fingerprint density at radius 1 is 1.44 bits per heavy atom. The number of nitrogens with zero attached hydrogens (tertiary/aromatic N) is 4. The van der Waals surface area contributed by atoms with Crippen LogP contribution in [0.4, 0.5) is 0 Å². The highest BCUT2D eigenvalue weighted by atomic mass is 16.5. The van der Waals surface area contributed by atoms with Crippen LogP contribution in [-0.4, -0.2) is 49.6 Å². The summed E-state index contributed by atoms with van der Waals surface area (Å²) in [7, 11) is 1.53. The first-order valence-corrected chi connectivity index (χ1v) is 5.76. The number of aromatic nitrogens is 4. The number of methoxy groups -OCH3 is 1. The summed E-state index contributed by atoms with van der Waals surface area (Å²) in [6.07, 6.45) is 3.22. The fourth-order valence-electron chi connectivity index (χ4n) is 2.44. The van der Waals surface area contributed by atoms with Gasteiger partial charge in [0.05, 0.1) is 26.1 Å². The summed E-state index contributed by atoms with van der Waals surface area (Å²) >= 11 is 0. The zero-order valence-electron chi connectivity index (χ0n) is 9.89. The molecule has 2 aromatic rings. The van der Waals surface area contributed by atoms with E-state index in [0.717, 1.165) is 0 Å². The number of rotatable bonds is 3. The van der Waals surface area contributed by atoms with E-state index in [-0.39, 0.29) is 18.6 Å². The summed E-state index contributed by atoms with van der Waals surface area (Å²) in [5.74, 6) is 0.266. The van der Waals surface area contributed by atoms with E-state index in [1.54, 1.807) is 6.33 Å². The minimum atomic E-state index is -0.457. The lowest BCUT2D eigenvalue weighted by molar-refractivity contribution is -0.0512. The van der Waals surface area contributed by atoms with E-state index in [4.69, 9.17) is 4.74 Å². The van der Waals surface area contributed by atoms with Crippen LogP contribution in [0.15, 0.2) is 12.7 Å². The van der Waals surface area contributed by atoms with Gasteiger partial charge in [-0.1, -0.05) is 0 Å². The van der Waals surface area contributed by atoms with Crippen molar-refractivity contribution in [3.05, 3.63) is 12.7 Å². The molecule has 7 nitrogen and oxygen atoms in total. The van der Waals surface area contributed by atoms with Gasteiger partial charge in [0.1, 0.15) is 6.33 Å². The third-order valence-electron chi connectivity index (χ3n) is 3.56. The van der Waals surface area contributed by atoms with Gasteiger partial charge >= 0.3 is 0 Å². The van der Waals surface area contributed by atoms with Crippen molar-refractivity contribution in [2.45, 2.75) is 18.6 Å². The van der Waals surface area contributed by atoms with Crippen molar-refractivity contribution in [1.82, 2.24) is 19.5 Å². The molecule has 0 saturated heterocycles. The Balaban J connectivity index is 2.03. The second-order valence-electron chi connectivity index (χ2n) is 4.42. The average molecular weight is 250 g/mol. The van der Waals surface area contributed by atoms with Crippen molar-refractivity contribution in [2.75, 3.05) is 13.7 Å². The number of ether oxygens (including phenoxy) is 1. The molecule has 18 heavy (non-hydrogen) atoms. The number of imidazole rings is 1. The molecular formula is C11H14N4O3. The molecule has 0 spiro atoms. The Kier molecular flexibility index (Phi) is 2.64. The van der Waals surface area contributed by atoms with E-state index in [0.29, 0.717) is 23.5 Å². The Morgan fingerprint density at radius 2 is 2.28 bits per heavy atom. The topological polar surface area (TPSA) is 93.3 Å². The first-order valence-electron chi connectivity index (χ1n) is 5.76. The first-order chi connectivity index (χ1) is 8.76. The summed E-state index contributed by atoms with van der Waals surface area (Å²) in [5.41, 5.74) is 1.26. The van der Waals surface area contributed by atoms with Gasteiger partial charge in [-0.2, -0.15) is 4.98 Å². The van der Waals surface area contributed by atoms with Gasteiger partial charge in [0.15, 0.2) is 11.2 Å². The van der Waals surface area contributed by atoms with Gasteiger partial charge in [0.25, 0.3) is 0 Å². The molecule has 1 fully saturated rings. The van der Waals surface area contributed by atoms with Gasteiger partial charge in [-0.05, 0) is 6.42 Å². The molecule has 2 N–H and O–H groups in total. The molecule has 0 bridgehead atoms. The van der Waals surface area contributed by atoms with Crippen LogP contribution in [-0.2, 0) is 0 Å². The minimum Gasteiger partial charge on any atom is -0.479 e. The van der Waals surface area contributed by atoms with Crippen molar-refractivity contribution in [1.29, 1.82) is 0 Å². The molecule has 7 heteroatoms. The molecule has 1 saturated carbocycles. The number of aliphatic hydroxyl groups is 2. The van der Waals surface area contributed by atoms with Crippen LogP contribution in [0.3, 0.4) is 0 Å². The van der Waals surface area contributed by atoms with E-state index >= 15 is 0 Å². The molecule has 0 amide bonds. The van der Waals surface area contributed by atoms with Crippen molar-refractivity contribution in [3.8, 4) is 5.88 Å². The summed E-state index contributed by atoms with van der Waals surface area (Å²) in [6, 6.07) is 0.0228. The second-order valence-corrected chi connectivity index (χ2v) is 4.42. The van der Waals surface area contributed by atoms with Crippen LogP contribution >= 0.6 is 0 Å². The lowest BCUT2D eigenvalue weighted by atomic mass is 9.77. The smallest absolute Gasteiger partial charge is 0.245 e. The zero-order valence-corrected chi connectivity index (χ0v) is 9.89. The number of hydrogen-bond donors (Lipinski definition) is 2. The van der Waals surface area contributed by atoms with Gasteiger partial charge in [-0.15, -0.1) is 0 Å². The van der Waals surface area contributed by atoms with Crippen LogP contribution < -0.4 is 4.74 Å². The summed E-state index contributed by atoms with van der Waals surface area (Å²) in [6.45, 7) is -0.0479. The fourth-order valence-corrected chi connectivity index (χ4v) is 2.44. The highest BCUT2D eigenvalue weighted by molar-refractivity contribution is 5.76. The fraction of sp³-hybridized carbons (Fsp3) is 0.545. The molecule has 3 rings (SSSR count). The molecular weight excluding hydrogens is 236 g/mol. The lowest BCUT2D eigenvalue weighted by Gasteiger charge is -2.41. The summed E-state index contributed by atoms with van der Waals surface area (Å²) < 4.78 is 6.99. The molecule has 3 atom stereocenters. The van der Waals surface area contributed by atoms with Crippen molar-refractivity contribution in [3.63, 3.8) is 0 Å². The van der Waals surface area contributed by atoms with E-state index in [1.165, 1.54) is 13.4 Å². The first kappa shape index (κ1) is 11.4. The van der Waals surface area contributed by atoms with Crippen LogP contribution in [0.25, 0.3) is 11.2 Å². The molecule has 0 radical (unpaired) electrons. The Bertz CT molecular complexity index is 570. The van der Waals surface area contributed by atoms with Crippen LogP contribution in [0, 0.1) is 5.92 Å². The molecule has 1 aliphatic rings. The van der Waals surface area contributed by atoms with Gasteiger partial charge in [0, 0.05) is 12.0 Å². The minimum absolute atomic E-state index is 0.0228. The largest absolute Gasteiger partial charge is 0.479 e. The van der Waals surface area contributed by atoms with Gasteiger partial charge in [0.2, 0.25) is 5.88 Å². The van der Waals surface area contributed by atoms with Crippen LogP contribution in [0.2, 0.25) is 0 Å². The SMILES string of the molecule is COc1ncnc2c1ncn2[C@H]1C[C@@H](O)[C@@H]1CO. The molecule has 0 aliphatic heterocycles. The van der Waals surface area contributed by atoms with E-state index < -0.39 is 6.10 Å². The van der Waals surface area contributed by atoms with Crippen LogP contribution in [0.1, 0.15) is 12.5 Å². The maximum absolute atomic E-state index is 9.60. The Morgan fingerprint density at radius 3 is 2.94 bits per heavy atom. The highest BCUT2D eigenvalue weighted by Gasteiger charge is 2.41. The van der Waals surface area contributed by atoms with Crippen LogP contribution in [0.5, 0.6) is 5.88 Å². The normalized spacial score (nSPS) is 27.2. The van der Waals surface area contributed by atoms with Crippen molar-refractivity contribution >= 4 is 11.2 Å². The number of fused-ring (bicyclic) bond motifs is 1. The number of aliphatic hydroxyl groups excluding tert-OH is 2. The third-order valence-corrected chi connectivity index (χ3v) is 3.56. The molecule has 0 unspecified atom stereocenters. The van der Waals surface area contributed by atoms with Gasteiger partial charge < -0.3 is 19.5 Å². The second kappa shape index (κ2) is 4.18. The van der Waals surface area contributed by atoms with E-state index in [9.17, 15) is 10.2 Å². The average Bonchev–Trinajstić information content (AvgIpc) is 2.79. The summed E-state index contributed by atoms with van der Waals surface area (Å²) in [4.78, 5) is 12.4. The molecule has 0 aromatic carbocycles. The predicted octanol–water partition coefficient (Wildman–Crippen LogP) is -0.251. The highest BCUT2D eigenvalue weighted by Crippen LogP contribution is 2.40. The maximum atomic E-state index is 9.60. The standard InChI is InChI=1S/C11H14N4O3/c1-18-11-9-10(12-4-13-11)15(5-14-9)7-2-8(17)6(7)3-16/h4-8,16-17H,2-3H2,1H3/t6-,7+,8-/m1/s1. The zero-order chi connectivity index (χ0) is 12.7.